The summed E-state index contributed by atoms with van der Waals surface area (Å²) in [5.74, 6) is 0.0145. The minimum atomic E-state index is -0.133. The standard InChI is InChI=1S/C19H22ClNO2/c1-14-6-3-4-9-17(14)18(23-2)13-21-19(22)11-10-15-7-5-8-16(20)12-15/h3-9,12,18H,10-11,13H2,1-2H3,(H,21,22)/t18-/m0/s1. The maximum atomic E-state index is 12.0. The predicted octanol–water partition coefficient (Wildman–Crippen LogP) is 4.08. The Morgan fingerprint density at radius 2 is 2.00 bits per heavy atom. The Bertz CT molecular complexity index is 657. The molecule has 1 atom stereocenters. The number of ether oxygens (including phenoxy) is 1. The van der Waals surface area contributed by atoms with E-state index in [1.165, 1.54) is 0 Å². The van der Waals surface area contributed by atoms with Crippen LogP contribution in [0.4, 0.5) is 0 Å². The fraction of sp³-hybridized carbons (Fsp3) is 0.316. The molecular weight excluding hydrogens is 310 g/mol. The summed E-state index contributed by atoms with van der Waals surface area (Å²) in [6, 6.07) is 15.6. The van der Waals surface area contributed by atoms with Gasteiger partial charge in [-0.15, -0.1) is 0 Å². The van der Waals surface area contributed by atoms with E-state index in [0.717, 1.165) is 16.7 Å². The van der Waals surface area contributed by atoms with Crippen molar-refractivity contribution in [1.29, 1.82) is 0 Å². The molecule has 3 nitrogen and oxygen atoms in total. The highest BCUT2D eigenvalue weighted by Crippen LogP contribution is 2.19. The third-order valence-corrected chi connectivity index (χ3v) is 4.07. The molecule has 2 aromatic carbocycles. The minimum Gasteiger partial charge on any atom is -0.375 e. The molecule has 0 aliphatic carbocycles. The SMILES string of the molecule is CO[C@@H](CNC(=O)CCc1cccc(Cl)c1)c1ccccc1C. The first-order valence-corrected chi connectivity index (χ1v) is 8.07. The van der Waals surface area contributed by atoms with Crippen LogP contribution in [0.5, 0.6) is 0 Å². The van der Waals surface area contributed by atoms with Crippen LogP contribution in [0.3, 0.4) is 0 Å². The number of hydrogen-bond donors (Lipinski definition) is 1. The summed E-state index contributed by atoms with van der Waals surface area (Å²) in [4.78, 5) is 12.0. The molecule has 23 heavy (non-hydrogen) atoms. The van der Waals surface area contributed by atoms with Crippen molar-refractivity contribution >= 4 is 17.5 Å². The topological polar surface area (TPSA) is 38.3 Å². The molecular formula is C19H22ClNO2. The summed E-state index contributed by atoms with van der Waals surface area (Å²) in [6.45, 7) is 2.51. The van der Waals surface area contributed by atoms with Crippen molar-refractivity contribution < 1.29 is 9.53 Å². The van der Waals surface area contributed by atoms with Gasteiger partial charge in [0.25, 0.3) is 0 Å². The Morgan fingerprint density at radius 3 is 2.70 bits per heavy atom. The Morgan fingerprint density at radius 1 is 1.22 bits per heavy atom. The lowest BCUT2D eigenvalue weighted by molar-refractivity contribution is -0.121. The molecule has 0 bridgehead atoms. The molecule has 1 N–H and O–H groups in total. The lowest BCUT2D eigenvalue weighted by Gasteiger charge is -2.18. The third-order valence-electron chi connectivity index (χ3n) is 3.83. The molecule has 0 radical (unpaired) electrons. The van der Waals surface area contributed by atoms with E-state index in [1.807, 2.05) is 55.5 Å². The highest BCUT2D eigenvalue weighted by molar-refractivity contribution is 6.30. The number of hydrogen-bond acceptors (Lipinski definition) is 2. The summed E-state index contributed by atoms with van der Waals surface area (Å²) in [5, 5.41) is 3.64. The van der Waals surface area contributed by atoms with Gasteiger partial charge in [-0.3, -0.25) is 4.79 Å². The van der Waals surface area contributed by atoms with Crippen LogP contribution in [0.25, 0.3) is 0 Å². The van der Waals surface area contributed by atoms with Crippen molar-refractivity contribution in [2.45, 2.75) is 25.9 Å². The monoisotopic (exact) mass is 331 g/mol. The average molecular weight is 332 g/mol. The van der Waals surface area contributed by atoms with E-state index >= 15 is 0 Å². The molecule has 0 aromatic heterocycles. The van der Waals surface area contributed by atoms with Crippen LogP contribution in [-0.2, 0) is 16.0 Å². The van der Waals surface area contributed by atoms with Crippen molar-refractivity contribution in [3.05, 3.63) is 70.2 Å². The zero-order chi connectivity index (χ0) is 16.7. The van der Waals surface area contributed by atoms with E-state index in [1.54, 1.807) is 7.11 Å². The number of aryl methyl sites for hydroxylation is 2. The van der Waals surface area contributed by atoms with E-state index in [0.29, 0.717) is 24.4 Å². The van der Waals surface area contributed by atoms with E-state index in [9.17, 15) is 4.79 Å². The largest absolute Gasteiger partial charge is 0.375 e. The van der Waals surface area contributed by atoms with Crippen LogP contribution in [0.15, 0.2) is 48.5 Å². The van der Waals surface area contributed by atoms with E-state index in [2.05, 4.69) is 5.32 Å². The summed E-state index contributed by atoms with van der Waals surface area (Å²) in [7, 11) is 1.66. The maximum absolute atomic E-state index is 12.0. The fourth-order valence-electron chi connectivity index (χ4n) is 2.51. The number of amides is 1. The van der Waals surface area contributed by atoms with Crippen molar-refractivity contribution in [3.8, 4) is 0 Å². The molecule has 2 rings (SSSR count). The first-order valence-electron chi connectivity index (χ1n) is 7.69. The zero-order valence-corrected chi connectivity index (χ0v) is 14.3. The maximum Gasteiger partial charge on any atom is 0.220 e. The number of benzene rings is 2. The first-order chi connectivity index (χ1) is 11.1. The molecule has 0 saturated carbocycles. The van der Waals surface area contributed by atoms with Gasteiger partial charge in [-0.05, 0) is 42.2 Å². The van der Waals surface area contributed by atoms with Gasteiger partial charge in [-0.1, -0.05) is 48.0 Å². The average Bonchev–Trinajstić information content (AvgIpc) is 2.55. The second-order valence-electron chi connectivity index (χ2n) is 5.51. The molecule has 0 fully saturated rings. The molecule has 0 saturated heterocycles. The molecule has 2 aromatic rings. The Balaban J connectivity index is 1.84. The van der Waals surface area contributed by atoms with Gasteiger partial charge in [0.15, 0.2) is 0 Å². The summed E-state index contributed by atoms with van der Waals surface area (Å²) in [6.07, 6.45) is 0.977. The summed E-state index contributed by atoms with van der Waals surface area (Å²) < 4.78 is 5.51. The first kappa shape index (κ1) is 17.5. The minimum absolute atomic E-state index is 0.0145. The summed E-state index contributed by atoms with van der Waals surface area (Å²) >= 11 is 5.95. The lowest BCUT2D eigenvalue weighted by Crippen LogP contribution is -2.29. The quantitative estimate of drug-likeness (QED) is 0.830. The lowest BCUT2D eigenvalue weighted by atomic mass is 10.0. The van der Waals surface area contributed by atoms with Crippen LogP contribution < -0.4 is 5.32 Å². The van der Waals surface area contributed by atoms with Gasteiger partial charge in [-0.2, -0.15) is 0 Å². The van der Waals surface area contributed by atoms with Gasteiger partial charge in [-0.25, -0.2) is 0 Å². The highest BCUT2D eigenvalue weighted by Gasteiger charge is 2.13. The molecule has 0 aliphatic heterocycles. The Labute approximate surface area is 142 Å². The van der Waals surface area contributed by atoms with Crippen LogP contribution in [0.1, 0.15) is 29.2 Å². The number of rotatable bonds is 7. The van der Waals surface area contributed by atoms with Crippen molar-refractivity contribution in [2.24, 2.45) is 0 Å². The zero-order valence-electron chi connectivity index (χ0n) is 13.5. The van der Waals surface area contributed by atoms with Crippen molar-refractivity contribution in [1.82, 2.24) is 5.32 Å². The Kier molecular flexibility index (Phi) is 6.63. The second-order valence-corrected chi connectivity index (χ2v) is 5.95. The van der Waals surface area contributed by atoms with E-state index < -0.39 is 0 Å². The summed E-state index contributed by atoms with van der Waals surface area (Å²) in [5.41, 5.74) is 3.33. The third kappa shape index (κ3) is 5.38. The van der Waals surface area contributed by atoms with E-state index in [-0.39, 0.29) is 12.0 Å². The molecule has 0 aliphatic rings. The van der Waals surface area contributed by atoms with Crippen LogP contribution in [0.2, 0.25) is 5.02 Å². The fourth-order valence-corrected chi connectivity index (χ4v) is 2.73. The number of carbonyl (C=O) groups is 1. The van der Waals surface area contributed by atoms with Crippen molar-refractivity contribution in [2.75, 3.05) is 13.7 Å². The second kappa shape index (κ2) is 8.70. The van der Waals surface area contributed by atoms with Crippen LogP contribution in [0, 0.1) is 6.92 Å². The molecule has 0 spiro atoms. The van der Waals surface area contributed by atoms with Crippen molar-refractivity contribution in [3.63, 3.8) is 0 Å². The van der Waals surface area contributed by atoms with Gasteiger partial charge >= 0.3 is 0 Å². The normalized spacial score (nSPS) is 12.0. The van der Waals surface area contributed by atoms with Gasteiger partial charge in [0, 0.05) is 25.1 Å². The molecule has 0 unspecified atom stereocenters. The van der Waals surface area contributed by atoms with Gasteiger partial charge < -0.3 is 10.1 Å². The van der Waals surface area contributed by atoms with Crippen LogP contribution >= 0.6 is 11.6 Å². The molecule has 122 valence electrons. The number of methoxy groups -OCH3 is 1. The highest BCUT2D eigenvalue weighted by atomic mass is 35.5. The van der Waals surface area contributed by atoms with E-state index in [4.69, 9.17) is 16.3 Å². The predicted molar refractivity (Wildman–Crippen MR) is 93.7 cm³/mol. The van der Waals surface area contributed by atoms with Gasteiger partial charge in [0.1, 0.15) is 0 Å². The number of carbonyl (C=O) groups excluding carboxylic acids is 1. The van der Waals surface area contributed by atoms with Crippen LogP contribution in [-0.4, -0.2) is 19.6 Å². The molecule has 0 heterocycles. The molecule has 4 heteroatoms. The van der Waals surface area contributed by atoms with Gasteiger partial charge in [0.05, 0.1) is 6.10 Å². The number of halogens is 1. The number of nitrogens with one attached hydrogen (secondary N) is 1. The Hall–Kier alpha value is -1.84. The van der Waals surface area contributed by atoms with Gasteiger partial charge in [0.2, 0.25) is 5.91 Å². The molecule has 1 amide bonds. The smallest absolute Gasteiger partial charge is 0.220 e.